The number of rotatable bonds is 7. The van der Waals surface area contributed by atoms with Gasteiger partial charge in [-0.15, -0.1) is 11.3 Å². The van der Waals surface area contributed by atoms with E-state index in [4.69, 9.17) is 22.1 Å². The molecule has 1 saturated carbocycles. The molecule has 0 unspecified atom stereocenters. The summed E-state index contributed by atoms with van der Waals surface area (Å²) in [7, 11) is 3.60. The lowest BCUT2D eigenvalue weighted by molar-refractivity contribution is 0.0604. The summed E-state index contributed by atoms with van der Waals surface area (Å²) in [4.78, 5) is 20.6. The number of nitrogen functional groups attached to an aromatic ring is 1. The summed E-state index contributed by atoms with van der Waals surface area (Å²) < 4.78 is 21.0. The van der Waals surface area contributed by atoms with Crippen molar-refractivity contribution in [1.29, 1.82) is 0 Å². The van der Waals surface area contributed by atoms with Gasteiger partial charge in [0.25, 0.3) is 5.91 Å². The van der Waals surface area contributed by atoms with Gasteiger partial charge in [-0.05, 0) is 74.7 Å². The monoisotopic (exact) mass is 552 g/mol. The highest BCUT2D eigenvalue weighted by Crippen LogP contribution is 2.39. The van der Waals surface area contributed by atoms with Crippen LogP contribution in [0.1, 0.15) is 40.9 Å². The van der Waals surface area contributed by atoms with Gasteiger partial charge in [0.15, 0.2) is 0 Å². The molecule has 0 radical (unpaired) electrons. The minimum atomic E-state index is -0.421. The molecule has 2 aromatic carbocycles. The lowest BCUT2D eigenvalue weighted by Crippen LogP contribution is -2.44. The van der Waals surface area contributed by atoms with E-state index in [2.05, 4.69) is 10.3 Å². The molecule has 9 heteroatoms. The molecule has 198 valence electrons. The van der Waals surface area contributed by atoms with Crippen molar-refractivity contribution in [2.45, 2.75) is 44.3 Å². The van der Waals surface area contributed by atoms with Gasteiger partial charge in [-0.2, -0.15) is 0 Å². The molecule has 1 amide bonds. The first-order valence-electron chi connectivity index (χ1n) is 12.6. The molecular weight excluding hydrogens is 523 g/mol. The van der Waals surface area contributed by atoms with Gasteiger partial charge in [0.1, 0.15) is 22.3 Å². The van der Waals surface area contributed by atoms with Gasteiger partial charge in [-0.25, -0.2) is 9.37 Å². The second-order valence-electron chi connectivity index (χ2n) is 9.58. The van der Waals surface area contributed by atoms with Crippen LogP contribution < -0.4 is 15.8 Å². The number of nitrogens with one attached hydrogen (secondary N) is 1. The fraction of sp³-hybridized carbons (Fsp3) is 0.310. The second kappa shape index (κ2) is 11.3. The molecule has 1 aliphatic carbocycles. The summed E-state index contributed by atoms with van der Waals surface area (Å²) in [6.07, 6.45) is 5.38. The van der Waals surface area contributed by atoms with Crippen molar-refractivity contribution in [1.82, 2.24) is 15.2 Å². The summed E-state index contributed by atoms with van der Waals surface area (Å²) in [5.74, 6) is 0.529. The molecule has 5 rings (SSSR count). The third kappa shape index (κ3) is 5.21. The highest BCUT2D eigenvalue weighted by molar-refractivity contribution is 7.21. The number of anilines is 1. The maximum absolute atomic E-state index is 14.6. The van der Waals surface area contributed by atoms with Crippen molar-refractivity contribution in [3.63, 3.8) is 0 Å². The Balaban J connectivity index is 1.54. The van der Waals surface area contributed by atoms with Crippen molar-refractivity contribution >= 4 is 44.7 Å². The van der Waals surface area contributed by atoms with Gasteiger partial charge in [-0.1, -0.05) is 23.7 Å². The predicted octanol–water partition coefficient (Wildman–Crippen LogP) is 6.52. The molecule has 3 N–H and O–H groups in total. The van der Waals surface area contributed by atoms with E-state index >= 15 is 0 Å². The number of benzene rings is 2. The van der Waals surface area contributed by atoms with Crippen LogP contribution in [0.4, 0.5) is 10.2 Å². The normalized spacial score (nSPS) is 17.5. The Morgan fingerprint density at radius 1 is 1.18 bits per heavy atom. The fourth-order valence-electron chi connectivity index (χ4n) is 5.22. The van der Waals surface area contributed by atoms with Crippen molar-refractivity contribution in [3.05, 3.63) is 76.0 Å². The van der Waals surface area contributed by atoms with E-state index in [1.54, 1.807) is 31.5 Å². The Morgan fingerprint density at radius 2 is 1.95 bits per heavy atom. The van der Waals surface area contributed by atoms with Crippen molar-refractivity contribution in [2.24, 2.45) is 0 Å². The first-order chi connectivity index (χ1) is 18.4. The molecule has 0 bridgehead atoms. The minimum absolute atomic E-state index is 0.0183. The molecule has 0 atom stereocenters. The minimum Gasteiger partial charge on any atom is -0.496 e. The summed E-state index contributed by atoms with van der Waals surface area (Å²) in [6.45, 7) is 0.334. The van der Waals surface area contributed by atoms with E-state index in [9.17, 15) is 9.18 Å². The summed E-state index contributed by atoms with van der Waals surface area (Å²) in [5, 5.41) is 3.84. The fourth-order valence-corrected chi connectivity index (χ4v) is 6.73. The van der Waals surface area contributed by atoms with Crippen molar-refractivity contribution in [3.8, 4) is 16.9 Å². The number of carbonyl (C=O) groups excluding carboxylic acids is 1. The number of amides is 1. The third-order valence-corrected chi connectivity index (χ3v) is 8.98. The van der Waals surface area contributed by atoms with Crippen molar-refractivity contribution in [2.75, 3.05) is 19.9 Å². The summed E-state index contributed by atoms with van der Waals surface area (Å²) in [6, 6.07) is 14.8. The molecule has 0 spiro atoms. The zero-order valence-corrected chi connectivity index (χ0v) is 22.9. The number of aromatic nitrogens is 1. The van der Waals surface area contributed by atoms with E-state index in [-0.39, 0.29) is 17.0 Å². The average molecular weight is 553 g/mol. The lowest BCUT2D eigenvalue weighted by Gasteiger charge is -2.37. The van der Waals surface area contributed by atoms with Crippen LogP contribution in [0.3, 0.4) is 0 Å². The van der Waals surface area contributed by atoms with Crippen LogP contribution >= 0.6 is 22.9 Å². The number of fused-ring (bicyclic) bond motifs is 1. The largest absolute Gasteiger partial charge is 0.496 e. The van der Waals surface area contributed by atoms with E-state index in [0.717, 1.165) is 42.4 Å². The number of hydrogen-bond donors (Lipinski definition) is 2. The smallest absolute Gasteiger partial charge is 0.266 e. The van der Waals surface area contributed by atoms with Crippen LogP contribution in [0, 0.1) is 5.82 Å². The molecule has 0 aliphatic heterocycles. The maximum atomic E-state index is 14.6. The Bertz CT molecular complexity index is 1450. The summed E-state index contributed by atoms with van der Waals surface area (Å²) >= 11 is 7.88. The van der Waals surface area contributed by atoms with Crippen LogP contribution in [0.25, 0.3) is 21.2 Å². The zero-order chi connectivity index (χ0) is 26.8. The average Bonchev–Trinajstić information content (AvgIpc) is 3.29. The Morgan fingerprint density at radius 3 is 2.61 bits per heavy atom. The van der Waals surface area contributed by atoms with E-state index in [1.807, 2.05) is 36.2 Å². The molecule has 2 heterocycles. The first-order valence-corrected chi connectivity index (χ1v) is 13.8. The van der Waals surface area contributed by atoms with Gasteiger partial charge < -0.3 is 20.7 Å². The zero-order valence-electron chi connectivity index (χ0n) is 21.3. The number of methoxy groups -OCH3 is 1. The number of carbonyl (C=O) groups is 1. The Kier molecular flexibility index (Phi) is 7.83. The Hall–Kier alpha value is -3.20. The number of thiophene rings is 1. The molecule has 6 nitrogen and oxygen atoms in total. The highest BCUT2D eigenvalue weighted by Gasteiger charge is 2.32. The predicted molar refractivity (Wildman–Crippen MR) is 152 cm³/mol. The second-order valence-corrected chi connectivity index (χ2v) is 11.0. The van der Waals surface area contributed by atoms with E-state index in [1.165, 1.54) is 17.4 Å². The lowest BCUT2D eigenvalue weighted by atomic mass is 9.89. The van der Waals surface area contributed by atoms with Crippen LogP contribution in [-0.2, 0) is 6.54 Å². The topological polar surface area (TPSA) is 80.5 Å². The quantitative estimate of drug-likeness (QED) is 0.273. The van der Waals surface area contributed by atoms with Crippen LogP contribution in [-0.4, -0.2) is 42.0 Å². The van der Waals surface area contributed by atoms with Gasteiger partial charge in [0.2, 0.25) is 0 Å². The number of hydrogen-bond acceptors (Lipinski definition) is 6. The molecule has 0 saturated heterocycles. The van der Waals surface area contributed by atoms with Gasteiger partial charge >= 0.3 is 0 Å². The number of nitrogens with two attached hydrogens (primary N) is 1. The summed E-state index contributed by atoms with van der Waals surface area (Å²) in [5.41, 5.74) is 8.50. The SMILES string of the molecule is CNC1CCC(N(Cc2cc(-c3ccc(N)nc3)ccc2OC)C(=O)c2sc3cccc(F)c3c2Cl)CC1. The van der Waals surface area contributed by atoms with Crippen LogP contribution in [0.5, 0.6) is 5.75 Å². The number of nitrogens with zero attached hydrogens (tertiary/aromatic N) is 2. The van der Waals surface area contributed by atoms with Gasteiger partial charge in [0.05, 0.1) is 12.1 Å². The van der Waals surface area contributed by atoms with Crippen molar-refractivity contribution < 1.29 is 13.9 Å². The molecular formula is C29H30ClFN4O2S. The number of ether oxygens (including phenoxy) is 1. The Labute approximate surface area is 230 Å². The van der Waals surface area contributed by atoms with Gasteiger partial charge in [0, 0.05) is 46.0 Å². The third-order valence-electron chi connectivity index (χ3n) is 7.35. The highest BCUT2D eigenvalue weighted by atomic mass is 35.5. The number of halogens is 2. The van der Waals surface area contributed by atoms with Crippen LogP contribution in [0.2, 0.25) is 5.02 Å². The molecule has 1 aliphatic rings. The standard InChI is InChI=1S/C29H30ClFN4O2S/c1-33-20-8-10-21(11-9-20)35(29(36)28-27(30)26-22(31)4-3-5-24(26)38-28)16-19-14-17(6-12-23(19)37-2)18-7-13-25(32)34-15-18/h3-7,12-15,20-21,33H,8-11,16H2,1-2H3,(H2,32,34). The van der Waals surface area contributed by atoms with Gasteiger partial charge in [-0.3, -0.25) is 4.79 Å². The molecule has 38 heavy (non-hydrogen) atoms. The molecule has 1 fully saturated rings. The van der Waals surface area contributed by atoms with E-state index in [0.29, 0.717) is 39.1 Å². The first kappa shape index (κ1) is 26.4. The maximum Gasteiger partial charge on any atom is 0.266 e. The molecule has 4 aromatic rings. The van der Waals surface area contributed by atoms with Crippen LogP contribution in [0.15, 0.2) is 54.7 Å². The van der Waals surface area contributed by atoms with E-state index < -0.39 is 5.82 Å². The molecule has 2 aromatic heterocycles. The number of pyridine rings is 1.